The molecule has 144 valence electrons. The van der Waals surface area contributed by atoms with E-state index in [9.17, 15) is 4.79 Å². The zero-order valence-electron chi connectivity index (χ0n) is 15.4. The largest absolute Gasteiger partial charge is 0.378 e. The van der Waals surface area contributed by atoms with Crippen molar-refractivity contribution in [3.63, 3.8) is 0 Å². The summed E-state index contributed by atoms with van der Waals surface area (Å²) in [5.41, 5.74) is 1.47. The standard InChI is InChI=1S/C20H26N4O2S/c25-19-17-13-27-20(24-17)15-6-8-22-18(11-15)21-7-1-2-9-26-16-5-3-4-14(10-16)12-23-19/h6,8,11,13-14,16H,1-5,7,9-10,12H2,(H,21,22)(H,23,25). The Morgan fingerprint density at radius 2 is 2.15 bits per heavy atom. The predicted octanol–water partition coefficient (Wildman–Crippen LogP) is 3.72. The third-order valence-electron chi connectivity index (χ3n) is 5.26. The molecule has 7 heteroatoms. The molecule has 1 saturated carbocycles. The van der Waals surface area contributed by atoms with Crippen molar-refractivity contribution in [2.75, 3.05) is 25.0 Å². The molecule has 3 heterocycles. The maximum atomic E-state index is 12.5. The zero-order chi connectivity index (χ0) is 18.5. The summed E-state index contributed by atoms with van der Waals surface area (Å²) in [5, 5.41) is 9.12. The predicted molar refractivity (Wildman–Crippen MR) is 107 cm³/mol. The van der Waals surface area contributed by atoms with E-state index < -0.39 is 0 Å². The monoisotopic (exact) mass is 386 g/mol. The number of nitrogens with zero attached hydrogens (tertiary/aromatic N) is 2. The number of hydrogen-bond acceptors (Lipinski definition) is 6. The molecular weight excluding hydrogens is 360 g/mol. The van der Waals surface area contributed by atoms with E-state index in [0.29, 0.717) is 24.3 Å². The van der Waals surface area contributed by atoms with Gasteiger partial charge in [0.15, 0.2) is 0 Å². The van der Waals surface area contributed by atoms with Crippen LogP contribution in [0.5, 0.6) is 0 Å². The van der Waals surface area contributed by atoms with Gasteiger partial charge in [-0.25, -0.2) is 9.97 Å². The molecule has 0 aromatic carbocycles. The molecule has 0 radical (unpaired) electrons. The van der Waals surface area contributed by atoms with Crippen molar-refractivity contribution in [2.24, 2.45) is 5.92 Å². The average molecular weight is 387 g/mol. The first-order chi connectivity index (χ1) is 13.3. The number of thiazole rings is 1. The highest BCUT2D eigenvalue weighted by atomic mass is 32.1. The lowest BCUT2D eigenvalue weighted by Crippen LogP contribution is -2.34. The van der Waals surface area contributed by atoms with Gasteiger partial charge >= 0.3 is 0 Å². The minimum Gasteiger partial charge on any atom is -0.378 e. The molecule has 0 saturated heterocycles. The summed E-state index contributed by atoms with van der Waals surface area (Å²) in [6.07, 6.45) is 8.71. The fourth-order valence-electron chi connectivity index (χ4n) is 3.77. The number of carbonyl (C=O) groups is 1. The third kappa shape index (κ3) is 4.84. The minimum atomic E-state index is -0.0888. The van der Waals surface area contributed by atoms with Crippen LogP contribution in [-0.2, 0) is 4.74 Å². The van der Waals surface area contributed by atoms with Gasteiger partial charge in [-0.15, -0.1) is 11.3 Å². The summed E-state index contributed by atoms with van der Waals surface area (Å²) in [6, 6.07) is 3.92. The lowest BCUT2D eigenvalue weighted by atomic mass is 9.87. The normalized spacial score (nSPS) is 24.2. The van der Waals surface area contributed by atoms with Crippen LogP contribution in [0, 0.1) is 5.92 Å². The summed E-state index contributed by atoms with van der Waals surface area (Å²) >= 11 is 1.49. The number of amides is 1. The highest BCUT2D eigenvalue weighted by Gasteiger charge is 2.23. The van der Waals surface area contributed by atoms with E-state index >= 15 is 0 Å². The van der Waals surface area contributed by atoms with Crippen molar-refractivity contribution in [3.8, 4) is 10.6 Å². The van der Waals surface area contributed by atoms with Crippen molar-refractivity contribution < 1.29 is 9.53 Å². The molecule has 27 heavy (non-hydrogen) atoms. The number of hydrogen-bond donors (Lipinski definition) is 2. The van der Waals surface area contributed by atoms with E-state index in [2.05, 4.69) is 20.6 Å². The van der Waals surface area contributed by atoms with E-state index in [1.54, 1.807) is 6.20 Å². The molecule has 4 rings (SSSR count). The van der Waals surface area contributed by atoms with E-state index in [-0.39, 0.29) is 5.91 Å². The zero-order valence-corrected chi connectivity index (χ0v) is 16.3. The van der Waals surface area contributed by atoms with Crippen molar-refractivity contribution in [2.45, 2.75) is 44.6 Å². The molecule has 1 fully saturated rings. The maximum Gasteiger partial charge on any atom is 0.270 e. The molecule has 1 aliphatic carbocycles. The number of fused-ring (bicyclic) bond motifs is 7. The smallest absolute Gasteiger partial charge is 0.270 e. The van der Waals surface area contributed by atoms with E-state index in [1.165, 1.54) is 17.8 Å². The SMILES string of the molecule is O=C1NCC2CCCC(C2)OCCCCNc2cc(ccn2)-c2nc1cs2. The minimum absolute atomic E-state index is 0.0888. The lowest BCUT2D eigenvalue weighted by Gasteiger charge is -2.29. The number of ether oxygens (including phenoxy) is 1. The van der Waals surface area contributed by atoms with Gasteiger partial charge in [0.25, 0.3) is 5.91 Å². The van der Waals surface area contributed by atoms with Crippen LogP contribution in [0.4, 0.5) is 5.82 Å². The van der Waals surface area contributed by atoms with Crippen LogP contribution in [0.1, 0.15) is 49.0 Å². The summed E-state index contributed by atoms with van der Waals surface area (Å²) in [5.74, 6) is 1.24. The Hall–Kier alpha value is -1.99. The van der Waals surface area contributed by atoms with Gasteiger partial charge in [0.1, 0.15) is 16.5 Å². The number of anilines is 1. The number of aromatic nitrogens is 2. The molecule has 1 aliphatic heterocycles. The third-order valence-corrected chi connectivity index (χ3v) is 6.15. The Morgan fingerprint density at radius 1 is 1.19 bits per heavy atom. The topological polar surface area (TPSA) is 76.1 Å². The number of pyridine rings is 1. The summed E-state index contributed by atoms with van der Waals surface area (Å²) in [7, 11) is 0. The van der Waals surface area contributed by atoms with Gasteiger partial charge in [0.05, 0.1) is 6.10 Å². The van der Waals surface area contributed by atoms with Gasteiger partial charge in [-0.05, 0) is 50.2 Å². The van der Waals surface area contributed by atoms with Crippen molar-refractivity contribution in [1.82, 2.24) is 15.3 Å². The fourth-order valence-corrected chi connectivity index (χ4v) is 4.57. The molecule has 6 nitrogen and oxygen atoms in total. The number of rotatable bonds is 0. The first kappa shape index (κ1) is 18.4. The van der Waals surface area contributed by atoms with Gasteiger partial charge in [-0.1, -0.05) is 6.42 Å². The Balaban J connectivity index is 1.51. The van der Waals surface area contributed by atoms with Crippen LogP contribution < -0.4 is 10.6 Å². The molecular formula is C20H26N4O2S. The van der Waals surface area contributed by atoms with Gasteiger partial charge in [-0.2, -0.15) is 0 Å². The van der Waals surface area contributed by atoms with Crippen molar-refractivity contribution in [1.29, 1.82) is 0 Å². The second-order valence-corrected chi connectivity index (χ2v) is 8.20. The molecule has 2 aromatic rings. The Labute approximate surface area is 163 Å². The quantitative estimate of drug-likeness (QED) is 0.722. The van der Waals surface area contributed by atoms with Gasteiger partial charge in [0, 0.05) is 36.8 Å². The highest BCUT2D eigenvalue weighted by Crippen LogP contribution is 2.27. The second kappa shape index (κ2) is 8.80. The molecule has 0 spiro atoms. The summed E-state index contributed by atoms with van der Waals surface area (Å²) in [6.45, 7) is 2.38. The van der Waals surface area contributed by atoms with Crippen LogP contribution in [0.25, 0.3) is 10.6 Å². The number of carbonyl (C=O) groups excluding carboxylic acids is 1. The molecule has 2 atom stereocenters. The Morgan fingerprint density at radius 3 is 3.11 bits per heavy atom. The lowest BCUT2D eigenvalue weighted by molar-refractivity contribution is 0.0117. The maximum absolute atomic E-state index is 12.5. The first-order valence-electron chi connectivity index (χ1n) is 9.83. The summed E-state index contributed by atoms with van der Waals surface area (Å²) in [4.78, 5) is 21.4. The molecule has 2 aliphatic rings. The van der Waals surface area contributed by atoms with E-state index in [0.717, 1.165) is 61.6 Å². The van der Waals surface area contributed by atoms with Gasteiger partial charge < -0.3 is 15.4 Å². The van der Waals surface area contributed by atoms with Gasteiger partial charge in [-0.3, -0.25) is 4.79 Å². The van der Waals surface area contributed by atoms with Crippen molar-refractivity contribution in [3.05, 3.63) is 29.4 Å². The van der Waals surface area contributed by atoms with Crippen LogP contribution in [-0.4, -0.2) is 41.7 Å². The van der Waals surface area contributed by atoms with E-state index in [1.807, 2.05) is 17.5 Å². The van der Waals surface area contributed by atoms with Crippen LogP contribution >= 0.6 is 11.3 Å². The Kier molecular flexibility index (Phi) is 5.99. The van der Waals surface area contributed by atoms with E-state index in [4.69, 9.17) is 4.74 Å². The van der Waals surface area contributed by atoms with Crippen LogP contribution in [0.2, 0.25) is 0 Å². The molecule has 1 amide bonds. The summed E-state index contributed by atoms with van der Waals surface area (Å²) < 4.78 is 6.09. The molecule has 6 bridgehead atoms. The van der Waals surface area contributed by atoms with Crippen LogP contribution in [0.3, 0.4) is 0 Å². The average Bonchev–Trinajstić information content (AvgIpc) is 3.19. The fraction of sp³-hybridized carbons (Fsp3) is 0.550. The number of nitrogens with one attached hydrogen (secondary N) is 2. The van der Waals surface area contributed by atoms with Crippen molar-refractivity contribution >= 4 is 23.1 Å². The van der Waals surface area contributed by atoms with Gasteiger partial charge in [0.2, 0.25) is 0 Å². The molecule has 2 N–H and O–H groups in total. The second-order valence-electron chi connectivity index (χ2n) is 7.34. The highest BCUT2D eigenvalue weighted by molar-refractivity contribution is 7.13. The Bertz CT molecular complexity index is 779. The first-order valence-corrected chi connectivity index (χ1v) is 10.7. The molecule has 2 unspecified atom stereocenters. The van der Waals surface area contributed by atoms with Crippen LogP contribution in [0.15, 0.2) is 23.7 Å². The molecule has 2 aromatic heterocycles.